The maximum Gasteiger partial charge on any atom is 0.137 e. The van der Waals surface area contributed by atoms with Gasteiger partial charge in [0.2, 0.25) is 0 Å². The van der Waals surface area contributed by atoms with Gasteiger partial charge in [0.15, 0.2) is 0 Å². The number of hydrogen-bond acceptors (Lipinski definition) is 3. The molecule has 25 heavy (non-hydrogen) atoms. The van der Waals surface area contributed by atoms with E-state index >= 15 is 0 Å². The molecule has 0 bridgehead atoms. The Balaban J connectivity index is 1.48. The first-order valence-electron chi connectivity index (χ1n) is 8.22. The number of aromatic nitrogens is 2. The highest BCUT2D eigenvalue weighted by molar-refractivity contribution is 6.30. The molecule has 0 saturated heterocycles. The molecule has 4 rings (SSSR count). The van der Waals surface area contributed by atoms with Crippen molar-refractivity contribution in [3.05, 3.63) is 88.9 Å². The van der Waals surface area contributed by atoms with E-state index in [9.17, 15) is 0 Å². The SMILES string of the molecule is NC1(Cc2cccc(Cl)c2)C=CC(Cc2c[nH]c3ncccc23)=CN1. The maximum atomic E-state index is 6.47. The van der Waals surface area contributed by atoms with Crippen LogP contribution in [0.5, 0.6) is 0 Å². The van der Waals surface area contributed by atoms with Crippen LogP contribution in [0.1, 0.15) is 11.1 Å². The van der Waals surface area contributed by atoms with E-state index in [1.807, 2.05) is 48.8 Å². The smallest absolute Gasteiger partial charge is 0.137 e. The van der Waals surface area contributed by atoms with E-state index in [1.165, 1.54) is 11.1 Å². The highest BCUT2D eigenvalue weighted by Crippen LogP contribution is 2.23. The van der Waals surface area contributed by atoms with Crippen LogP contribution in [0.25, 0.3) is 11.0 Å². The fourth-order valence-electron chi connectivity index (χ4n) is 3.16. The van der Waals surface area contributed by atoms with Crippen molar-refractivity contribution in [3.63, 3.8) is 0 Å². The predicted molar refractivity (Wildman–Crippen MR) is 102 cm³/mol. The zero-order chi connectivity index (χ0) is 17.3. The number of allylic oxidation sites excluding steroid dienone is 2. The molecule has 3 aromatic rings. The third kappa shape index (κ3) is 3.45. The topological polar surface area (TPSA) is 66.7 Å². The zero-order valence-electron chi connectivity index (χ0n) is 13.7. The van der Waals surface area contributed by atoms with Gasteiger partial charge in [-0.3, -0.25) is 0 Å². The summed E-state index contributed by atoms with van der Waals surface area (Å²) in [6.45, 7) is 0. The molecule has 1 aromatic carbocycles. The second-order valence-electron chi connectivity index (χ2n) is 6.43. The molecule has 4 nitrogen and oxygen atoms in total. The van der Waals surface area contributed by atoms with Gasteiger partial charge in [-0.2, -0.15) is 0 Å². The summed E-state index contributed by atoms with van der Waals surface area (Å²) < 4.78 is 0. The van der Waals surface area contributed by atoms with Crippen molar-refractivity contribution in [2.45, 2.75) is 18.5 Å². The van der Waals surface area contributed by atoms with Crippen LogP contribution in [0.4, 0.5) is 0 Å². The van der Waals surface area contributed by atoms with Gasteiger partial charge in [0.25, 0.3) is 0 Å². The summed E-state index contributed by atoms with van der Waals surface area (Å²) in [5, 5.41) is 5.21. The Morgan fingerprint density at radius 3 is 2.92 bits per heavy atom. The van der Waals surface area contributed by atoms with Crippen LogP contribution in [-0.4, -0.2) is 15.6 Å². The number of dihydropyridines is 1. The summed E-state index contributed by atoms with van der Waals surface area (Å²) in [5.74, 6) is 0. The van der Waals surface area contributed by atoms with E-state index < -0.39 is 5.66 Å². The van der Waals surface area contributed by atoms with Gasteiger partial charge in [0.1, 0.15) is 11.3 Å². The Morgan fingerprint density at radius 2 is 2.12 bits per heavy atom. The number of pyridine rings is 1. The van der Waals surface area contributed by atoms with E-state index in [1.54, 1.807) is 6.20 Å². The molecular formula is C20H19ClN4. The molecule has 1 atom stereocenters. The van der Waals surface area contributed by atoms with E-state index in [0.29, 0.717) is 6.42 Å². The summed E-state index contributed by atoms with van der Waals surface area (Å²) in [4.78, 5) is 7.54. The minimum atomic E-state index is -0.601. The van der Waals surface area contributed by atoms with Crippen molar-refractivity contribution in [3.8, 4) is 0 Å². The normalized spacial score (nSPS) is 19.7. The summed E-state index contributed by atoms with van der Waals surface area (Å²) in [6, 6.07) is 11.8. The first kappa shape index (κ1) is 15.9. The number of nitrogens with two attached hydrogens (primary N) is 1. The fourth-order valence-corrected chi connectivity index (χ4v) is 3.38. The van der Waals surface area contributed by atoms with Crippen LogP contribution in [0, 0.1) is 0 Å². The van der Waals surface area contributed by atoms with Gasteiger partial charge in [0.05, 0.1) is 0 Å². The average Bonchev–Trinajstić information content (AvgIpc) is 3.00. The number of halogens is 1. The van der Waals surface area contributed by atoms with Crippen molar-refractivity contribution in [2.75, 3.05) is 0 Å². The summed E-state index contributed by atoms with van der Waals surface area (Å²) in [6.07, 6.45) is 11.4. The number of fused-ring (bicyclic) bond motifs is 1. The summed E-state index contributed by atoms with van der Waals surface area (Å²) in [7, 11) is 0. The lowest BCUT2D eigenvalue weighted by Crippen LogP contribution is -2.52. The number of hydrogen-bond donors (Lipinski definition) is 3. The number of benzene rings is 1. The number of nitrogens with one attached hydrogen (secondary N) is 2. The van der Waals surface area contributed by atoms with Crippen LogP contribution < -0.4 is 11.1 Å². The van der Waals surface area contributed by atoms with Crippen LogP contribution >= 0.6 is 11.6 Å². The molecular weight excluding hydrogens is 332 g/mol. The van der Waals surface area contributed by atoms with Crippen molar-refractivity contribution >= 4 is 22.6 Å². The lowest BCUT2D eigenvalue weighted by Gasteiger charge is -2.30. The molecule has 4 N–H and O–H groups in total. The van der Waals surface area contributed by atoms with Crippen LogP contribution in [0.2, 0.25) is 5.02 Å². The molecule has 0 fully saturated rings. The van der Waals surface area contributed by atoms with Crippen molar-refractivity contribution < 1.29 is 0 Å². The predicted octanol–water partition coefficient (Wildman–Crippen LogP) is 3.70. The first-order valence-corrected chi connectivity index (χ1v) is 8.59. The molecule has 0 spiro atoms. The molecule has 1 aliphatic heterocycles. The number of rotatable bonds is 4. The number of H-pyrrole nitrogens is 1. The molecule has 1 unspecified atom stereocenters. The summed E-state index contributed by atoms with van der Waals surface area (Å²) in [5.41, 5.74) is 10.3. The zero-order valence-corrected chi connectivity index (χ0v) is 14.4. The van der Waals surface area contributed by atoms with Crippen LogP contribution in [0.15, 0.2) is 72.7 Å². The number of nitrogens with zero attached hydrogens (tertiary/aromatic N) is 1. The monoisotopic (exact) mass is 350 g/mol. The quantitative estimate of drug-likeness (QED) is 0.672. The van der Waals surface area contributed by atoms with Crippen LogP contribution in [-0.2, 0) is 12.8 Å². The minimum absolute atomic E-state index is 0.601. The van der Waals surface area contributed by atoms with Gasteiger partial charge in [-0.15, -0.1) is 0 Å². The van der Waals surface area contributed by atoms with Gasteiger partial charge >= 0.3 is 0 Å². The maximum absolute atomic E-state index is 6.47. The van der Waals surface area contributed by atoms with E-state index in [2.05, 4.69) is 27.4 Å². The van der Waals surface area contributed by atoms with Gasteiger partial charge in [-0.05, 0) is 47.0 Å². The Labute approximate surface area is 151 Å². The number of aromatic amines is 1. The molecule has 126 valence electrons. The van der Waals surface area contributed by atoms with E-state index in [-0.39, 0.29) is 0 Å². The largest absolute Gasteiger partial charge is 0.370 e. The van der Waals surface area contributed by atoms with Crippen molar-refractivity contribution in [2.24, 2.45) is 5.73 Å². The lowest BCUT2D eigenvalue weighted by atomic mass is 9.95. The van der Waals surface area contributed by atoms with Gasteiger partial charge in [-0.25, -0.2) is 4.98 Å². The first-order chi connectivity index (χ1) is 12.1. The third-order valence-electron chi connectivity index (χ3n) is 4.44. The van der Waals surface area contributed by atoms with E-state index in [4.69, 9.17) is 17.3 Å². The van der Waals surface area contributed by atoms with E-state index in [0.717, 1.165) is 28.0 Å². The lowest BCUT2D eigenvalue weighted by molar-refractivity contribution is 0.463. The fraction of sp³-hybridized carbons (Fsp3) is 0.150. The molecule has 0 aliphatic carbocycles. The molecule has 1 aliphatic rings. The van der Waals surface area contributed by atoms with Crippen molar-refractivity contribution in [1.29, 1.82) is 0 Å². The summed E-state index contributed by atoms with van der Waals surface area (Å²) >= 11 is 6.06. The van der Waals surface area contributed by atoms with Gasteiger partial charge in [-0.1, -0.05) is 29.8 Å². The minimum Gasteiger partial charge on any atom is -0.370 e. The Morgan fingerprint density at radius 1 is 1.20 bits per heavy atom. The van der Waals surface area contributed by atoms with Crippen molar-refractivity contribution in [1.82, 2.24) is 15.3 Å². The highest BCUT2D eigenvalue weighted by atomic mass is 35.5. The highest BCUT2D eigenvalue weighted by Gasteiger charge is 2.23. The molecule has 2 aromatic heterocycles. The average molecular weight is 351 g/mol. The Bertz CT molecular complexity index is 972. The molecule has 0 radical (unpaired) electrons. The molecule has 0 amide bonds. The Kier molecular flexibility index (Phi) is 4.07. The Hall–Kier alpha value is -2.56. The second-order valence-corrected chi connectivity index (χ2v) is 6.87. The standard InChI is InChI=1S/C20H19ClN4/c21-17-4-1-3-14(10-17)11-20(22)7-6-15(12-25-20)9-16-13-24-19-18(16)5-2-8-23-19/h1-8,10,12-13,25H,9,11,22H2,(H,23,24). The molecule has 0 saturated carbocycles. The van der Waals surface area contributed by atoms with Gasteiger partial charge in [0, 0.05) is 41.8 Å². The van der Waals surface area contributed by atoms with Gasteiger partial charge < -0.3 is 16.0 Å². The molecule has 5 heteroatoms. The third-order valence-corrected chi connectivity index (χ3v) is 4.67. The second kappa shape index (κ2) is 6.39. The molecule has 3 heterocycles. The van der Waals surface area contributed by atoms with Crippen LogP contribution in [0.3, 0.4) is 0 Å².